The Morgan fingerprint density at radius 1 is 1.11 bits per heavy atom. The molecular weight excluding hydrogens is 244 g/mol. The van der Waals surface area contributed by atoms with Gasteiger partial charge in [-0.1, -0.05) is 38.0 Å². The van der Waals surface area contributed by atoms with E-state index in [0.29, 0.717) is 0 Å². The first-order valence-corrected chi connectivity index (χ1v) is 6.49. The van der Waals surface area contributed by atoms with Gasteiger partial charge < -0.3 is 0 Å². The number of carbonyl (C=O) groups is 3. The molecule has 0 unspecified atom stereocenters. The van der Waals surface area contributed by atoms with E-state index in [1.807, 2.05) is 12.2 Å². The van der Waals surface area contributed by atoms with Gasteiger partial charge >= 0.3 is 6.03 Å². The second kappa shape index (κ2) is 6.87. The quantitative estimate of drug-likeness (QED) is 0.420. The zero-order chi connectivity index (χ0) is 14.3. The van der Waals surface area contributed by atoms with Crippen LogP contribution in [0, 0.1) is 5.41 Å². The lowest BCUT2D eigenvalue weighted by Gasteiger charge is -2.32. The lowest BCUT2D eigenvalue weighted by molar-refractivity contribution is -0.144. The molecule has 0 radical (unpaired) electrons. The molecule has 0 aromatic rings. The Morgan fingerprint density at radius 3 is 2.26 bits per heavy atom. The van der Waals surface area contributed by atoms with Crippen LogP contribution >= 0.6 is 0 Å². The van der Waals surface area contributed by atoms with Crippen LogP contribution < -0.4 is 10.6 Å². The summed E-state index contributed by atoms with van der Waals surface area (Å²) in [6.07, 6.45) is 8.88. The summed E-state index contributed by atoms with van der Waals surface area (Å²) in [6.45, 7) is 5.67. The second-order valence-corrected chi connectivity index (χ2v) is 4.63. The lowest BCUT2D eigenvalue weighted by atomic mass is 9.78. The minimum Gasteiger partial charge on any atom is -0.277 e. The predicted octanol–water partition coefficient (Wildman–Crippen LogP) is 2.05. The summed E-state index contributed by atoms with van der Waals surface area (Å²) in [7, 11) is 0. The number of imide groups is 2. The highest BCUT2D eigenvalue weighted by molar-refractivity contribution is 6.19. The number of amides is 4. The summed E-state index contributed by atoms with van der Waals surface area (Å²) >= 11 is 0. The van der Waals surface area contributed by atoms with Gasteiger partial charge in [-0.2, -0.15) is 0 Å². The molecule has 0 saturated carbocycles. The maximum atomic E-state index is 12.0. The molecule has 0 aromatic heterocycles. The third kappa shape index (κ3) is 3.53. The van der Waals surface area contributed by atoms with Crippen molar-refractivity contribution in [3.8, 4) is 0 Å². The second-order valence-electron chi connectivity index (χ2n) is 4.63. The van der Waals surface area contributed by atoms with Crippen LogP contribution in [0.25, 0.3) is 0 Å². The van der Waals surface area contributed by atoms with Gasteiger partial charge in [0.2, 0.25) is 11.8 Å². The third-order valence-corrected chi connectivity index (χ3v) is 3.17. The van der Waals surface area contributed by atoms with E-state index in [1.54, 1.807) is 0 Å². The van der Waals surface area contributed by atoms with Gasteiger partial charge in [-0.3, -0.25) is 20.2 Å². The molecule has 0 spiro atoms. The Bertz CT molecular complexity index is 393. The van der Waals surface area contributed by atoms with E-state index < -0.39 is 23.3 Å². The summed E-state index contributed by atoms with van der Waals surface area (Å²) in [5.41, 5.74) is -1.25. The first kappa shape index (κ1) is 15.1. The number of urea groups is 1. The molecule has 1 rings (SSSR count). The molecule has 4 amide bonds. The molecule has 5 heteroatoms. The highest BCUT2D eigenvalue weighted by atomic mass is 16.2. The van der Waals surface area contributed by atoms with Crippen molar-refractivity contribution >= 4 is 17.8 Å². The molecule has 0 atom stereocenters. The molecule has 19 heavy (non-hydrogen) atoms. The van der Waals surface area contributed by atoms with E-state index in [2.05, 4.69) is 24.1 Å². The lowest BCUT2D eigenvalue weighted by Crippen LogP contribution is -2.62. The number of nitrogens with one attached hydrogen (secondary N) is 2. The van der Waals surface area contributed by atoms with Gasteiger partial charge in [0.05, 0.1) is 0 Å². The molecule has 2 N–H and O–H groups in total. The van der Waals surface area contributed by atoms with Crippen molar-refractivity contribution < 1.29 is 14.4 Å². The maximum Gasteiger partial charge on any atom is 0.328 e. The Balaban J connectivity index is 2.81. The van der Waals surface area contributed by atoms with Crippen LogP contribution in [-0.2, 0) is 9.59 Å². The summed E-state index contributed by atoms with van der Waals surface area (Å²) in [4.78, 5) is 35.0. The van der Waals surface area contributed by atoms with Crippen LogP contribution in [0.1, 0.15) is 39.0 Å². The smallest absolute Gasteiger partial charge is 0.277 e. The van der Waals surface area contributed by atoms with Gasteiger partial charge in [-0.05, 0) is 19.3 Å². The monoisotopic (exact) mass is 264 g/mol. The number of allylic oxidation sites excluding steroid dienone is 3. The standard InChI is InChI=1S/C14H20N2O3/c1-3-5-6-7-8-10-14(9-4-2)11(17)15-13(19)16-12(14)18/h4,7-8H,2-3,5-6,9-10H2,1H3,(H2,15,16,17,18,19)/b8-7+. The van der Waals surface area contributed by atoms with E-state index in [0.717, 1.165) is 19.3 Å². The zero-order valence-electron chi connectivity index (χ0n) is 11.2. The first-order chi connectivity index (χ1) is 9.06. The molecule has 0 aromatic carbocycles. The Hall–Kier alpha value is -1.91. The van der Waals surface area contributed by atoms with E-state index in [9.17, 15) is 14.4 Å². The summed E-state index contributed by atoms with van der Waals surface area (Å²) in [6, 6.07) is -0.760. The first-order valence-electron chi connectivity index (χ1n) is 6.49. The number of carbonyl (C=O) groups excluding carboxylic acids is 3. The van der Waals surface area contributed by atoms with E-state index in [1.165, 1.54) is 6.08 Å². The van der Waals surface area contributed by atoms with Crippen LogP contribution in [0.2, 0.25) is 0 Å². The number of unbranched alkanes of at least 4 members (excludes halogenated alkanes) is 2. The molecule has 0 bridgehead atoms. The largest absolute Gasteiger partial charge is 0.328 e. The van der Waals surface area contributed by atoms with Gasteiger partial charge in [-0.15, -0.1) is 6.58 Å². The maximum absolute atomic E-state index is 12.0. The van der Waals surface area contributed by atoms with Crippen LogP contribution in [0.5, 0.6) is 0 Å². The molecule has 104 valence electrons. The van der Waals surface area contributed by atoms with Crippen LogP contribution in [0.15, 0.2) is 24.8 Å². The minimum atomic E-state index is -1.25. The number of hydrogen-bond donors (Lipinski definition) is 2. The average Bonchev–Trinajstić information content (AvgIpc) is 2.35. The molecule has 5 nitrogen and oxygen atoms in total. The summed E-state index contributed by atoms with van der Waals surface area (Å²) < 4.78 is 0. The van der Waals surface area contributed by atoms with E-state index in [4.69, 9.17) is 0 Å². The van der Waals surface area contributed by atoms with Gasteiger partial charge in [-0.25, -0.2) is 4.79 Å². The van der Waals surface area contributed by atoms with Gasteiger partial charge in [0.25, 0.3) is 0 Å². The highest BCUT2D eigenvalue weighted by Gasteiger charge is 2.48. The van der Waals surface area contributed by atoms with Crippen molar-refractivity contribution in [1.82, 2.24) is 10.6 Å². The molecular formula is C14H20N2O3. The number of rotatable bonds is 7. The third-order valence-electron chi connectivity index (χ3n) is 3.17. The molecule has 1 saturated heterocycles. The molecule has 1 aliphatic rings. The van der Waals surface area contributed by atoms with Crippen LogP contribution in [0.4, 0.5) is 4.79 Å². The topological polar surface area (TPSA) is 75.3 Å². The summed E-state index contributed by atoms with van der Waals surface area (Å²) in [5.74, 6) is -1.11. The normalized spacial score (nSPS) is 18.3. The van der Waals surface area contributed by atoms with Crippen LogP contribution in [-0.4, -0.2) is 17.8 Å². The van der Waals surface area contributed by atoms with E-state index in [-0.39, 0.29) is 12.8 Å². The molecule has 0 aliphatic carbocycles. The van der Waals surface area contributed by atoms with Crippen molar-refractivity contribution in [2.24, 2.45) is 5.41 Å². The molecule has 1 heterocycles. The fourth-order valence-electron chi connectivity index (χ4n) is 2.00. The Labute approximate surface area is 113 Å². The van der Waals surface area contributed by atoms with Crippen LogP contribution in [0.3, 0.4) is 0 Å². The predicted molar refractivity (Wildman–Crippen MR) is 72.2 cm³/mol. The Morgan fingerprint density at radius 2 is 1.74 bits per heavy atom. The van der Waals surface area contributed by atoms with Crippen molar-refractivity contribution in [2.45, 2.75) is 39.0 Å². The van der Waals surface area contributed by atoms with Crippen molar-refractivity contribution in [3.63, 3.8) is 0 Å². The number of hydrogen-bond acceptors (Lipinski definition) is 3. The van der Waals surface area contributed by atoms with Crippen molar-refractivity contribution in [1.29, 1.82) is 0 Å². The highest BCUT2D eigenvalue weighted by Crippen LogP contribution is 2.30. The minimum absolute atomic E-state index is 0.204. The van der Waals surface area contributed by atoms with Crippen molar-refractivity contribution in [2.75, 3.05) is 0 Å². The molecule has 1 aliphatic heterocycles. The number of barbiturate groups is 1. The SMILES string of the molecule is C=CCC1(C/C=C/CCCC)C(=O)NC(=O)NC1=O. The zero-order valence-corrected chi connectivity index (χ0v) is 11.2. The van der Waals surface area contributed by atoms with Gasteiger partial charge in [0.15, 0.2) is 0 Å². The Kier molecular flexibility index (Phi) is 5.48. The summed E-state index contributed by atoms with van der Waals surface area (Å²) in [5, 5.41) is 4.29. The van der Waals surface area contributed by atoms with Gasteiger partial charge in [0, 0.05) is 0 Å². The fourth-order valence-corrected chi connectivity index (χ4v) is 2.00. The van der Waals surface area contributed by atoms with Crippen molar-refractivity contribution in [3.05, 3.63) is 24.8 Å². The van der Waals surface area contributed by atoms with Gasteiger partial charge in [0.1, 0.15) is 5.41 Å². The fraction of sp³-hybridized carbons (Fsp3) is 0.500. The molecule has 1 fully saturated rings. The van der Waals surface area contributed by atoms with E-state index >= 15 is 0 Å². The average molecular weight is 264 g/mol.